The number of nitrogens with one attached hydrogen (secondary N) is 1. The Morgan fingerprint density at radius 1 is 1.24 bits per heavy atom. The predicted molar refractivity (Wildman–Crippen MR) is 112 cm³/mol. The van der Waals surface area contributed by atoms with Crippen molar-refractivity contribution in [3.05, 3.63) is 69.6 Å². The van der Waals surface area contributed by atoms with Gasteiger partial charge in [0.25, 0.3) is 5.56 Å². The number of hydrogen-bond acceptors (Lipinski definition) is 6. The highest BCUT2D eigenvalue weighted by Gasteiger charge is 2.21. The lowest BCUT2D eigenvalue weighted by Crippen LogP contribution is -2.24. The summed E-state index contributed by atoms with van der Waals surface area (Å²) in [6.07, 6.45) is 1.68. The Bertz CT molecular complexity index is 1130. The van der Waals surface area contributed by atoms with Gasteiger partial charge in [-0.2, -0.15) is 4.98 Å². The zero-order valence-corrected chi connectivity index (χ0v) is 17.2. The largest absolute Gasteiger partial charge is 0.493 e. The standard InChI is InChI=1S/C22H25N3O4/c1-13-10-16(20-24-18(26)11-19(27)25(20)12-13)14(2)23-17-9-7-6-8-15(17)21(28)29-22(3,4)5/h6-12,14,23,26H,1-5H3. The molecule has 0 aliphatic heterocycles. The number of nitrogens with zero attached hydrogens (tertiary/aromatic N) is 2. The number of benzene rings is 1. The van der Waals surface area contributed by atoms with Crippen molar-refractivity contribution < 1.29 is 14.6 Å². The fraction of sp³-hybridized carbons (Fsp3) is 0.318. The van der Waals surface area contributed by atoms with E-state index in [0.29, 0.717) is 16.9 Å². The minimum Gasteiger partial charge on any atom is -0.493 e. The second kappa shape index (κ2) is 7.58. The number of ether oxygens (including phenoxy) is 1. The van der Waals surface area contributed by atoms with E-state index in [9.17, 15) is 14.7 Å². The van der Waals surface area contributed by atoms with Gasteiger partial charge in [0.2, 0.25) is 5.88 Å². The van der Waals surface area contributed by atoms with E-state index in [4.69, 9.17) is 4.74 Å². The van der Waals surface area contributed by atoms with Gasteiger partial charge in [0, 0.05) is 17.4 Å². The molecule has 0 fully saturated rings. The minimum atomic E-state index is -0.606. The molecule has 0 spiro atoms. The first-order valence-corrected chi connectivity index (χ1v) is 9.37. The van der Waals surface area contributed by atoms with Gasteiger partial charge in [0.15, 0.2) is 0 Å². The van der Waals surface area contributed by atoms with Crippen molar-refractivity contribution in [1.29, 1.82) is 0 Å². The molecular weight excluding hydrogens is 370 g/mol. The molecule has 3 aromatic rings. The van der Waals surface area contributed by atoms with Crippen LogP contribution < -0.4 is 10.9 Å². The van der Waals surface area contributed by atoms with Crippen LogP contribution in [0.1, 0.15) is 55.2 Å². The van der Waals surface area contributed by atoms with Crippen molar-refractivity contribution in [3.63, 3.8) is 0 Å². The molecule has 1 unspecified atom stereocenters. The lowest BCUT2D eigenvalue weighted by molar-refractivity contribution is 0.00706. The summed E-state index contributed by atoms with van der Waals surface area (Å²) in [5.74, 6) is -0.754. The first kappa shape index (κ1) is 20.4. The zero-order valence-electron chi connectivity index (χ0n) is 17.2. The summed E-state index contributed by atoms with van der Waals surface area (Å²) in [6, 6.07) is 9.77. The molecule has 0 amide bonds. The van der Waals surface area contributed by atoms with Gasteiger partial charge in [0.05, 0.1) is 17.7 Å². The topological polar surface area (TPSA) is 92.9 Å². The van der Waals surface area contributed by atoms with Crippen LogP contribution in [0, 0.1) is 6.92 Å². The molecule has 2 aromatic heterocycles. The number of hydrogen-bond donors (Lipinski definition) is 2. The Balaban J connectivity index is 2.01. The van der Waals surface area contributed by atoms with Crippen LogP contribution in [0.5, 0.6) is 5.88 Å². The molecule has 2 heterocycles. The maximum Gasteiger partial charge on any atom is 0.340 e. The van der Waals surface area contributed by atoms with Crippen LogP contribution in [0.2, 0.25) is 0 Å². The number of pyridine rings is 1. The van der Waals surface area contributed by atoms with Gasteiger partial charge in [-0.05, 0) is 58.4 Å². The van der Waals surface area contributed by atoms with E-state index in [0.717, 1.165) is 17.2 Å². The van der Waals surface area contributed by atoms with Gasteiger partial charge in [0.1, 0.15) is 11.2 Å². The number of aryl methyl sites for hydroxylation is 1. The van der Waals surface area contributed by atoms with E-state index in [1.54, 1.807) is 24.4 Å². The number of esters is 1. The first-order chi connectivity index (χ1) is 13.5. The number of rotatable bonds is 4. The Labute approximate surface area is 169 Å². The number of aromatic hydroxyl groups is 1. The molecule has 7 heteroatoms. The van der Waals surface area contributed by atoms with E-state index in [1.807, 2.05) is 46.8 Å². The SMILES string of the molecule is Cc1cc(C(C)Nc2ccccc2C(=O)OC(C)(C)C)c2nc(O)cc(=O)n2c1. The monoisotopic (exact) mass is 395 g/mol. The highest BCUT2D eigenvalue weighted by Crippen LogP contribution is 2.27. The molecule has 0 saturated heterocycles. The maximum absolute atomic E-state index is 12.6. The van der Waals surface area contributed by atoms with E-state index >= 15 is 0 Å². The number of fused-ring (bicyclic) bond motifs is 1. The second-order valence-electron chi connectivity index (χ2n) is 8.03. The summed E-state index contributed by atoms with van der Waals surface area (Å²) in [6.45, 7) is 9.23. The molecule has 1 atom stereocenters. The lowest BCUT2D eigenvalue weighted by atomic mass is 10.1. The van der Waals surface area contributed by atoms with E-state index in [2.05, 4.69) is 10.3 Å². The Hall–Kier alpha value is -3.35. The Kier molecular flexibility index (Phi) is 5.33. The van der Waals surface area contributed by atoms with Gasteiger partial charge in [-0.25, -0.2) is 4.79 Å². The van der Waals surface area contributed by atoms with Gasteiger partial charge in [-0.3, -0.25) is 9.20 Å². The maximum atomic E-state index is 12.6. The first-order valence-electron chi connectivity index (χ1n) is 9.37. The second-order valence-corrected chi connectivity index (χ2v) is 8.03. The van der Waals surface area contributed by atoms with Crippen LogP contribution in [0.15, 0.2) is 47.4 Å². The van der Waals surface area contributed by atoms with Crippen molar-refractivity contribution in [3.8, 4) is 5.88 Å². The number of para-hydroxylation sites is 1. The molecule has 152 valence electrons. The molecule has 1 aromatic carbocycles. The number of carbonyl (C=O) groups excluding carboxylic acids is 1. The zero-order chi connectivity index (χ0) is 21.3. The summed E-state index contributed by atoms with van der Waals surface area (Å²) in [4.78, 5) is 29.0. The summed E-state index contributed by atoms with van der Waals surface area (Å²) >= 11 is 0. The number of carbonyl (C=O) groups is 1. The number of aromatic nitrogens is 2. The van der Waals surface area contributed by atoms with Crippen LogP contribution >= 0.6 is 0 Å². The lowest BCUT2D eigenvalue weighted by Gasteiger charge is -2.22. The van der Waals surface area contributed by atoms with E-state index in [1.165, 1.54) is 4.40 Å². The van der Waals surface area contributed by atoms with Crippen LogP contribution in [-0.4, -0.2) is 26.1 Å². The fourth-order valence-electron chi connectivity index (χ4n) is 3.11. The summed E-state index contributed by atoms with van der Waals surface area (Å²) in [5.41, 5.74) is 2.00. The summed E-state index contributed by atoms with van der Waals surface area (Å²) in [7, 11) is 0. The smallest absolute Gasteiger partial charge is 0.340 e. The average molecular weight is 395 g/mol. The van der Waals surface area contributed by atoms with Gasteiger partial charge >= 0.3 is 5.97 Å². The third-order valence-electron chi connectivity index (χ3n) is 4.30. The highest BCUT2D eigenvalue weighted by atomic mass is 16.6. The van der Waals surface area contributed by atoms with Crippen LogP contribution in [-0.2, 0) is 4.74 Å². The summed E-state index contributed by atoms with van der Waals surface area (Å²) in [5, 5.41) is 13.1. The van der Waals surface area contributed by atoms with Crippen LogP contribution in [0.25, 0.3) is 5.65 Å². The molecule has 3 rings (SSSR count). The molecule has 0 aliphatic carbocycles. The normalized spacial score (nSPS) is 12.6. The molecule has 7 nitrogen and oxygen atoms in total. The highest BCUT2D eigenvalue weighted by molar-refractivity contribution is 5.96. The molecule has 29 heavy (non-hydrogen) atoms. The quantitative estimate of drug-likeness (QED) is 0.652. The van der Waals surface area contributed by atoms with Crippen LogP contribution in [0.4, 0.5) is 5.69 Å². The van der Waals surface area contributed by atoms with Crippen molar-refractivity contribution in [2.24, 2.45) is 0 Å². The van der Waals surface area contributed by atoms with Crippen molar-refractivity contribution in [2.45, 2.75) is 46.3 Å². The number of anilines is 1. The van der Waals surface area contributed by atoms with Gasteiger partial charge in [-0.15, -0.1) is 0 Å². The minimum absolute atomic E-state index is 0.304. The Morgan fingerprint density at radius 3 is 2.62 bits per heavy atom. The van der Waals surface area contributed by atoms with Crippen molar-refractivity contribution in [2.75, 3.05) is 5.32 Å². The Morgan fingerprint density at radius 2 is 1.93 bits per heavy atom. The summed E-state index contributed by atoms with van der Waals surface area (Å²) < 4.78 is 6.91. The molecule has 2 N–H and O–H groups in total. The van der Waals surface area contributed by atoms with E-state index in [-0.39, 0.29) is 17.5 Å². The van der Waals surface area contributed by atoms with Gasteiger partial charge in [-0.1, -0.05) is 12.1 Å². The van der Waals surface area contributed by atoms with Crippen molar-refractivity contribution in [1.82, 2.24) is 9.38 Å². The third-order valence-corrected chi connectivity index (χ3v) is 4.30. The fourth-order valence-corrected chi connectivity index (χ4v) is 3.11. The molecule has 0 bridgehead atoms. The molecule has 0 aliphatic rings. The molecule has 0 radical (unpaired) electrons. The molecule has 0 saturated carbocycles. The van der Waals surface area contributed by atoms with Crippen molar-refractivity contribution >= 4 is 17.3 Å². The molecular formula is C22H25N3O4. The van der Waals surface area contributed by atoms with Crippen LogP contribution in [0.3, 0.4) is 0 Å². The predicted octanol–water partition coefficient (Wildman–Crippen LogP) is 3.84. The third kappa shape index (κ3) is 4.56. The van der Waals surface area contributed by atoms with Gasteiger partial charge < -0.3 is 15.2 Å². The van der Waals surface area contributed by atoms with E-state index < -0.39 is 11.6 Å². The average Bonchev–Trinajstić information content (AvgIpc) is 2.60.